The topological polar surface area (TPSA) is 88.1 Å². The van der Waals surface area contributed by atoms with Crippen molar-refractivity contribution in [1.29, 1.82) is 0 Å². The molecule has 5 rings (SSSR count). The molecule has 0 radical (unpaired) electrons. The number of benzene rings is 3. The van der Waals surface area contributed by atoms with Crippen molar-refractivity contribution in [2.45, 2.75) is 31.8 Å². The van der Waals surface area contributed by atoms with Crippen molar-refractivity contribution in [2.24, 2.45) is 0 Å². The molecule has 2 N–H and O–H groups in total. The second kappa shape index (κ2) is 9.89. The van der Waals surface area contributed by atoms with Gasteiger partial charge in [-0.2, -0.15) is 0 Å². The van der Waals surface area contributed by atoms with E-state index in [-0.39, 0.29) is 0 Å². The number of nitrogens with zero attached hydrogens (tertiary/aromatic N) is 4. The summed E-state index contributed by atoms with van der Waals surface area (Å²) in [6, 6.07) is 30.8. The van der Waals surface area contributed by atoms with Gasteiger partial charge in [0.25, 0.3) is 0 Å². The lowest BCUT2D eigenvalue weighted by Gasteiger charge is -2.40. The van der Waals surface area contributed by atoms with Crippen molar-refractivity contribution in [3.8, 4) is 0 Å². The van der Waals surface area contributed by atoms with Crippen molar-refractivity contribution in [3.05, 3.63) is 120 Å². The van der Waals surface area contributed by atoms with Gasteiger partial charge in [0.05, 0.1) is 0 Å². The van der Waals surface area contributed by atoms with Crippen LogP contribution in [0.4, 0.5) is 5.82 Å². The predicted molar refractivity (Wildman–Crippen MR) is 140 cm³/mol. The van der Waals surface area contributed by atoms with Crippen molar-refractivity contribution in [3.63, 3.8) is 0 Å². The minimum absolute atomic E-state index is 0.331. The smallest absolute Gasteiger partial charge is 0.167 e. The maximum absolute atomic E-state index is 7.16. The molecule has 0 aliphatic carbocycles. The van der Waals surface area contributed by atoms with Crippen LogP contribution < -0.4 is 5.73 Å². The molecule has 5 aromatic rings. The highest BCUT2D eigenvalue weighted by molar-refractivity contribution is 5.81. The number of imidazole rings is 1. The molecule has 2 unspecified atom stereocenters. The van der Waals surface area contributed by atoms with Gasteiger partial charge in [-0.05, 0) is 30.5 Å². The van der Waals surface area contributed by atoms with E-state index < -0.39 is 17.9 Å². The van der Waals surface area contributed by atoms with Crippen LogP contribution in [0.5, 0.6) is 0 Å². The zero-order chi connectivity index (χ0) is 25.1. The summed E-state index contributed by atoms with van der Waals surface area (Å²) < 4.78 is 15.1. The van der Waals surface area contributed by atoms with Crippen molar-refractivity contribution < 1.29 is 9.47 Å². The molecular formula is C29H29N5O2. The van der Waals surface area contributed by atoms with E-state index in [2.05, 4.69) is 51.4 Å². The lowest BCUT2D eigenvalue weighted by molar-refractivity contribution is -0.130. The summed E-state index contributed by atoms with van der Waals surface area (Å²) in [7, 11) is 1.66. The van der Waals surface area contributed by atoms with Crippen molar-refractivity contribution in [1.82, 2.24) is 19.5 Å². The fourth-order valence-electron chi connectivity index (χ4n) is 4.91. The zero-order valence-corrected chi connectivity index (χ0v) is 20.6. The molecule has 0 fully saturated rings. The summed E-state index contributed by atoms with van der Waals surface area (Å²) in [5, 5.41) is 0. The largest absolute Gasteiger partial charge is 0.382 e. The van der Waals surface area contributed by atoms with Crippen LogP contribution in [0, 0.1) is 6.92 Å². The number of hydrogen-bond donors (Lipinski definition) is 1. The number of hydrogen-bond acceptors (Lipinski definition) is 6. The highest BCUT2D eigenvalue weighted by Crippen LogP contribution is 2.43. The van der Waals surface area contributed by atoms with Gasteiger partial charge in [0.2, 0.25) is 0 Å². The first-order valence-electron chi connectivity index (χ1n) is 11.9. The van der Waals surface area contributed by atoms with E-state index in [1.54, 1.807) is 7.11 Å². The number of rotatable bonds is 8. The quantitative estimate of drug-likeness (QED) is 0.306. The van der Waals surface area contributed by atoms with Crippen LogP contribution in [-0.4, -0.2) is 32.7 Å². The van der Waals surface area contributed by atoms with Gasteiger partial charge in [0.1, 0.15) is 23.9 Å². The third-order valence-corrected chi connectivity index (χ3v) is 6.48. The average molecular weight is 480 g/mol. The van der Waals surface area contributed by atoms with E-state index >= 15 is 0 Å². The van der Waals surface area contributed by atoms with Crippen molar-refractivity contribution in [2.75, 3.05) is 12.8 Å². The molecule has 36 heavy (non-hydrogen) atoms. The Morgan fingerprint density at radius 3 is 1.78 bits per heavy atom. The number of methoxy groups -OCH3 is 1. The Hall–Kier alpha value is -4.07. The molecule has 2 aromatic heterocycles. The van der Waals surface area contributed by atoms with Gasteiger partial charge < -0.3 is 15.2 Å². The normalized spacial score (nSPS) is 13.5. The molecule has 0 bridgehead atoms. The van der Waals surface area contributed by atoms with Gasteiger partial charge in [-0.1, -0.05) is 91.0 Å². The molecule has 3 aromatic carbocycles. The molecule has 0 spiro atoms. The highest BCUT2D eigenvalue weighted by atomic mass is 16.6. The Bertz CT molecular complexity index is 1340. The Labute approximate surface area is 210 Å². The number of anilines is 1. The minimum Gasteiger partial charge on any atom is -0.382 e. The van der Waals surface area contributed by atoms with Crippen LogP contribution in [0.2, 0.25) is 0 Å². The average Bonchev–Trinajstić information content (AvgIpc) is 3.26. The number of aryl methyl sites for hydroxylation is 1. The molecule has 7 heteroatoms. The van der Waals surface area contributed by atoms with Crippen molar-refractivity contribution >= 4 is 17.0 Å². The first-order chi connectivity index (χ1) is 17.6. The Morgan fingerprint density at radius 2 is 1.31 bits per heavy atom. The second-order valence-corrected chi connectivity index (χ2v) is 8.69. The van der Waals surface area contributed by atoms with Crippen LogP contribution >= 0.6 is 0 Å². The van der Waals surface area contributed by atoms with Gasteiger partial charge in [-0.15, -0.1) is 0 Å². The summed E-state index contributed by atoms with van der Waals surface area (Å²) in [5.74, 6) is 1.04. The van der Waals surface area contributed by atoms with Crippen LogP contribution in [0.25, 0.3) is 11.2 Å². The lowest BCUT2D eigenvalue weighted by Crippen LogP contribution is -2.39. The molecule has 0 aliphatic heterocycles. The summed E-state index contributed by atoms with van der Waals surface area (Å²) in [4.78, 5) is 13.2. The summed E-state index contributed by atoms with van der Waals surface area (Å²) in [5.41, 5.74) is 9.40. The minimum atomic E-state index is -0.891. The third kappa shape index (κ3) is 4.02. The van der Waals surface area contributed by atoms with Gasteiger partial charge in [-0.25, -0.2) is 15.0 Å². The molecule has 0 amide bonds. The first-order valence-corrected chi connectivity index (χ1v) is 11.9. The van der Waals surface area contributed by atoms with E-state index in [0.29, 0.717) is 22.8 Å². The number of fused-ring (bicyclic) bond motifs is 1. The summed E-state index contributed by atoms with van der Waals surface area (Å²) >= 11 is 0. The fourth-order valence-corrected chi connectivity index (χ4v) is 4.91. The molecule has 0 aliphatic rings. The van der Waals surface area contributed by atoms with Crippen LogP contribution in [-0.2, 0) is 15.1 Å². The van der Waals surface area contributed by atoms with Gasteiger partial charge in [0.15, 0.2) is 23.2 Å². The number of aromatic nitrogens is 4. The number of nitrogen functional groups attached to an aromatic ring is 1. The van der Waals surface area contributed by atoms with E-state index in [0.717, 1.165) is 16.7 Å². The van der Waals surface area contributed by atoms with Gasteiger partial charge in [-0.3, -0.25) is 4.57 Å². The molecule has 2 atom stereocenters. The molecule has 7 nitrogen and oxygen atoms in total. The SMILES string of the molecule is COC(C(C)OC(c1ccccc1)(c1ccccc1)c1ccccc1)n1c(C)nc2c(N)ncnc21. The standard InChI is InChI=1S/C29H29N5O2/c1-20(28(35-3)34-21(2)33-25-26(30)31-19-32-27(25)34)36-29(22-13-7-4-8-14-22,23-15-9-5-10-16-23)24-17-11-6-12-18-24/h4-20,28H,1-3H3,(H2,30,31,32). The van der Waals surface area contributed by atoms with Gasteiger partial charge in [0, 0.05) is 7.11 Å². The molecule has 0 saturated carbocycles. The Kier molecular flexibility index (Phi) is 6.50. The molecule has 0 saturated heterocycles. The van der Waals surface area contributed by atoms with Crippen LogP contribution in [0.15, 0.2) is 97.3 Å². The molecule has 2 heterocycles. The highest BCUT2D eigenvalue weighted by Gasteiger charge is 2.41. The maximum atomic E-state index is 7.16. The molecule has 182 valence electrons. The first kappa shape index (κ1) is 23.7. The van der Waals surface area contributed by atoms with Gasteiger partial charge >= 0.3 is 0 Å². The fraction of sp³-hybridized carbons (Fsp3) is 0.207. The molecular weight excluding hydrogens is 450 g/mol. The van der Waals surface area contributed by atoms with E-state index in [4.69, 9.17) is 15.2 Å². The Balaban J connectivity index is 1.68. The van der Waals surface area contributed by atoms with E-state index in [1.165, 1.54) is 6.33 Å². The maximum Gasteiger partial charge on any atom is 0.167 e. The third-order valence-electron chi connectivity index (χ3n) is 6.48. The van der Waals surface area contributed by atoms with Crippen LogP contribution in [0.1, 0.15) is 35.7 Å². The second-order valence-electron chi connectivity index (χ2n) is 8.69. The van der Waals surface area contributed by atoms with E-state index in [9.17, 15) is 0 Å². The number of nitrogens with two attached hydrogens (primary N) is 1. The summed E-state index contributed by atoms with van der Waals surface area (Å²) in [6.45, 7) is 3.91. The predicted octanol–water partition coefficient (Wildman–Crippen LogP) is 5.26. The Morgan fingerprint density at radius 1 is 0.806 bits per heavy atom. The van der Waals surface area contributed by atoms with E-state index in [1.807, 2.05) is 73.0 Å². The van der Waals surface area contributed by atoms with Crippen LogP contribution in [0.3, 0.4) is 0 Å². The lowest BCUT2D eigenvalue weighted by atomic mass is 9.80. The monoisotopic (exact) mass is 479 g/mol. The zero-order valence-electron chi connectivity index (χ0n) is 20.6. The summed E-state index contributed by atoms with van der Waals surface area (Å²) in [6.07, 6.45) is 0.484. The number of ether oxygens (including phenoxy) is 2.